The third-order valence-electron chi connectivity index (χ3n) is 5.29. The summed E-state index contributed by atoms with van der Waals surface area (Å²) in [6, 6.07) is 11.9. The fourth-order valence-corrected chi connectivity index (χ4v) is 6.59. The van der Waals surface area contributed by atoms with Crippen LogP contribution in [0.15, 0.2) is 52.3 Å². The molecule has 170 valence electrons. The van der Waals surface area contributed by atoms with Crippen molar-refractivity contribution in [1.29, 1.82) is 0 Å². The number of hydrogen-bond donors (Lipinski definition) is 0. The molecule has 1 fully saturated rings. The maximum absolute atomic E-state index is 13.2. The van der Waals surface area contributed by atoms with Crippen LogP contribution in [0.3, 0.4) is 0 Å². The van der Waals surface area contributed by atoms with E-state index in [0.717, 1.165) is 28.0 Å². The lowest BCUT2D eigenvalue weighted by Crippen LogP contribution is -2.38. The van der Waals surface area contributed by atoms with Gasteiger partial charge in [-0.2, -0.15) is 0 Å². The third kappa shape index (κ3) is 5.28. The number of ether oxygens (including phenoxy) is 1. The molecule has 10 heteroatoms. The first-order valence-electron chi connectivity index (χ1n) is 10.2. The van der Waals surface area contributed by atoms with Gasteiger partial charge in [0, 0.05) is 22.9 Å². The van der Waals surface area contributed by atoms with Crippen LogP contribution in [-0.2, 0) is 19.4 Å². The number of nitrogens with zero attached hydrogens (tertiary/aromatic N) is 2. The van der Waals surface area contributed by atoms with E-state index >= 15 is 0 Å². The van der Waals surface area contributed by atoms with E-state index in [-0.39, 0.29) is 29.1 Å². The largest absolute Gasteiger partial charge is 0.376 e. The minimum absolute atomic E-state index is 0.0705. The molecule has 1 atom stereocenters. The molecule has 32 heavy (non-hydrogen) atoms. The Hall–Kier alpha value is -1.65. The molecule has 1 aromatic heterocycles. The molecule has 0 bridgehead atoms. The van der Waals surface area contributed by atoms with Crippen LogP contribution >= 0.6 is 34.7 Å². The summed E-state index contributed by atoms with van der Waals surface area (Å²) in [6.07, 6.45) is 3.61. The number of sulfone groups is 1. The van der Waals surface area contributed by atoms with Crippen LogP contribution in [0.2, 0.25) is 5.02 Å². The lowest BCUT2D eigenvalue weighted by atomic mass is 10.2. The van der Waals surface area contributed by atoms with Crippen LogP contribution in [0.1, 0.15) is 19.3 Å². The van der Waals surface area contributed by atoms with Crippen LogP contribution in [-0.4, -0.2) is 50.6 Å². The van der Waals surface area contributed by atoms with Gasteiger partial charge >= 0.3 is 0 Å². The van der Waals surface area contributed by atoms with Crippen molar-refractivity contribution < 1.29 is 17.9 Å². The molecule has 4 rings (SSSR count). The number of hydrogen-bond acceptors (Lipinski definition) is 7. The van der Waals surface area contributed by atoms with Gasteiger partial charge in [0.2, 0.25) is 5.91 Å². The van der Waals surface area contributed by atoms with E-state index in [1.807, 2.05) is 24.5 Å². The van der Waals surface area contributed by atoms with E-state index in [0.29, 0.717) is 23.3 Å². The molecule has 1 saturated heterocycles. The van der Waals surface area contributed by atoms with E-state index < -0.39 is 9.84 Å². The Labute approximate surface area is 200 Å². The lowest BCUT2D eigenvalue weighted by molar-refractivity contribution is -0.118. The zero-order valence-electron chi connectivity index (χ0n) is 17.5. The smallest absolute Gasteiger partial charge is 0.229 e. The molecule has 0 spiro atoms. The van der Waals surface area contributed by atoms with E-state index in [4.69, 9.17) is 21.3 Å². The average Bonchev–Trinajstić information content (AvgIpc) is 3.45. The first kappa shape index (κ1) is 23.5. The molecule has 0 saturated carbocycles. The number of thioether (sulfide) groups is 1. The Morgan fingerprint density at radius 3 is 2.75 bits per heavy atom. The van der Waals surface area contributed by atoms with Gasteiger partial charge in [-0.25, -0.2) is 13.4 Å². The molecule has 1 amide bonds. The first-order chi connectivity index (χ1) is 15.4. The SMILES string of the molecule is CSc1cccc2sc(N(CC3CCCO3)C(=O)CCS(=O)(=O)c3ccc(Cl)cc3)nc12. The van der Waals surface area contributed by atoms with Crippen molar-refractivity contribution in [1.82, 2.24) is 4.98 Å². The number of halogens is 1. The Morgan fingerprint density at radius 1 is 1.28 bits per heavy atom. The summed E-state index contributed by atoms with van der Waals surface area (Å²) in [5.74, 6) is -0.556. The molecule has 3 aromatic rings. The highest BCUT2D eigenvalue weighted by atomic mass is 35.5. The molecule has 1 unspecified atom stereocenters. The summed E-state index contributed by atoms with van der Waals surface area (Å²) in [5, 5.41) is 1.04. The number of carbonyl (C=O) groups is 1. The van der Waals surface area contributed by atoms with Crippen molar-refractivity contribution in [3.63, 3.8) is 0 Å². The van der Waals surface area contributed by atoms with E-state index in [1.54, 1.807) is 16.7 Å². The molecule has 6 nitrogen and oxygen atoms in total. The summed E-state index contributed by atoms with van der Waals surface area (Å²) >= 11 is 8.90. The molecular weight excluding hydrogens is 488 g/mol. The van der Waals surface area contributed by atoms with E-state index in [1.165, 1.54) is 35.6 Å². The minimum Gasteiger partial charge on any atom is -0.376 e. The number of anilines is 1. The van der Waals surface area contributed by atoms with Crippen LogP contribution in [0.25, 0.3) is 10.2 Å². The molecule has 0 aliphatic carbocycles. The maximum atomic E-state index is 13.2. The van der Waals surface area contributed by atoms with Gasteiger partial charge in [-0.05, 0) is 55.5 Å². The van der Waals surface area contributed by atoms with Gasteiger partial charge in [0.05, 0.1) is 33.5 Å². The van der Waals surface area contributed by atoms with Crippen molar-refractivity contribution in [2.75, 3.05) is 30.1 Å². The van der Waals surface area contributed by atoms with Crippen LogP contribution in [0.4, 0.5) is 5.13 Å². The third-order valence-corrected chi connectivity index (χ3v) is 9.09. The Kier molecular flexibility index (Phi) is 7.41. The zero-order valence-corrected chi connectivity index (χ0v) is 20.7. The Bertz CT molecular complexity index is 1210. The van der Waals surface area contributed by atoms with Gasteiger partial charge in [0.15, 0.2) is 15.0 Å². The van der Waals surface area contributed by atoms with Gasteiger partial charge < -0.3 is 4.74 Å². The summed E-state index contributed by atoms with van der Waals surface area (Å²) in [7, 11) is -3.61. The van der Waals surface area contributed by atoms with Crippen LogP contribution in [0, 0.1) is 0 Å². The predicted molar refractivity (Wildman–Crippen MR) is 131 cm³/mol. The lowest BCUT2D eigenvalue weighted by Gasteiger charge is -2.23. The topological polar surface area (TPSA) is 76.6 Å². The molecule has 2 heterocycles. The van der Waals surface area contributed by atoms with Gasteiger partial charge in [-0.15, -0.1) is 11.8 Å². The number of thiazole rings is 1. The second-order valence-electron chi connectivity index (χ2n) is 7.47. The average molecular weight is 511 g/mol. The van der Waals surface area contributed by atoms with Crippen LogP contribution in [0.5, 0.6) is 0 Å². The molecule has 0 radical (unpaired) electrons. The fourth-order valence-electron chi connectivity index (χ4n) is 3.59. The van der Waals surface area contributed by atoms with Gasteiger partial charge in [-0.1, -0.05) is 29.0 Å². The van der Waals surface area contributed by atoms with Crippen molar-refractivity contribution in [2.45, 2.75) is 35.2 Å². The van der Waals surface area contributed by atoms with E-state index in [9.17, 15) is 13.2 Å². The number of amides is 1. The number of carbonyl (C=O) groups excluding carboxylic acids is 1. The second kappa shape index (κ2) is 10.1. The zero-order chi connectivity index (χ0) is 22.7. The summed E-state index contributed by atoms with van der Waals surface area (Å²) in [5.41, 5.74) is 0.860. The first-order valence-corrected chi connectivity index (χ1v) is 14.3. The quantitative estimate of drug-likeness (QED) is 0.395. The van der Waals surface area contributed by atoms with Gasteiger partial charge in [-0.3, -0.25) is 9.69 Å². The standard InChI is InChI=1S/C22H23ClN2O4S3/c1-30-18-5-2-6-19-21(18)24-22(31-19)25(14-16-4-3-12-29-16)20(26)11-13-32(27,28)17-9-7-15(23)8-10-17/h2,5-10,16H,3-4,11-14H2,1H3. The van der Waals surface area contributed by atoms with Gasteiger partial charge in [0.1, 0.15) is 0 Å². The van der Waals surface area contributed by atoms with Crippen molar-refractivity contribution in [2.24, 2.45) is 0 Å². The monoisotopic (exact) mass is 510 g/mol. The highest BCUT2D eigenvalue weighted by Gasteiger charge is 2.28. The predicted octanol–water partition coefficient (Wildman–Crippen LogP) is 5.05. The molecule has 2 aromatic carbocycles. The minimum atomic E-state index is -3.61. The number of para-hydroxylation sites is 1. The molecule has 1 aliphatic rings. The van der Waals surface area contributed by atoms with Crippen molar-refractivity contribution in [3.05, 3.63) is 47.5 Å². The maximum Gasteiger partial charge on any atom is 0.229 e. The van der Waals surface area contributed by atoms with Crippen molar-refractivity contribution in [3.8, 4) is 0 Å². The van der Waals surface area contributed by atoms with E-state index in [2.05, 4.69) is 0 Å². The Balaban J connectivity index is 1.57. The number of fused-ring (bicyclic) bond motifs is 1. The second-order valence-corrected chi connectivity index (χ2v) is 11.9. The number of aromatic nitrogens is 1. The summed E-state index contributed by atoms with van der Waals surface area (Å²) in [6.45, 7) is 1.04. The normalized spacial score (nSPS) is 16.5. The molecule has 1 aliphatic heterocycles. The fraction of sp³-hybridized carbons (Fsp3) is 0.364. The molecular formula is C22H23ClN2O4S3. The van der Waals surface area contributed by atoms with Crippen LogP contribution < -0.4 is 4.90 Å². The highest BCUT2D eigenvalue weighted by molar-refractivity contribution is 7.98. The Morgan fingerprint density at radius 2 is 2.06 bits per heavy atom. The number of benzene rings is 2. The highest BCUT2D eigenvalue weighted by Crippen LogP contribution is 2.35. The van der Waals surface area contributed by atoms with Gasteiger partial charge in [0.25, 0.3) is 0 Å². The van der Waals surface area contributed by atoms with Crippen molar-refractivity contribution >= 4 is 65.8 Å². The molecule has 0 N–H and O–H groups in total. The summed E-state index contributed by atoms with van der Waals surface area (Å²) < 4.78 is 32.2. The summed E-state index contributed by atoms with van der Waals surface area (Å²) in [4.78, 5) is 20.8. The number of rotatable bonds is 8.